The average Bonchev–Trinajstić information content (AvgIpc) is 3.89. The quantitative estimate of drug-likeness (QED) is 0.206. The topological polar surface area (TPSA) is 37.5 Å². The standard InChI is InChI=1S/C44H31N5/c1-2-8-36(9-3-1)49-41-22-20-34(30-12-16-32(17-13-30)39-28-47-24-6-4-10-43(47)45-39)26-37(41)38-27-35(21-23-42(38)49)31-14-18-33(19-15-31)40-29-48-25-7-5-11-44(48)46-40/h1-29,43,45H. The average molecular weight is 630 g/mol. The van der Waals surface area contributed by atoms with Crippen LogP contribution in [-0.4, -0.2) is 25.0 Å². The number of hydrogen-bond donors (Lipinski definition) is 1. The van der Waals surface area contributed by atoms with Crippen LogP contribution in [0.2, 0.25) is 0 Å². The minimum absolute atomic E-state index is 0.184. The number of hydrogen-bond acceptors (Lipinski definition) is 3. The van der Waals surface area contributed by atoms with Gasteiger partial charge in [-0.1, -0.05) is 91.0 Å². The highest BCUT2D eigenvalue weighted by molar-refractivity contribution is 6.11. The van der Waals surface area contributed by atoms with Gasteiger partial charge >= 0.3 is 0 Å². The number of imidazole rings is 1. The maximum atomic E-state index is 4.81. The van der Waals surface area contributed by atoms with E-state index in [1.807, 2.05) is 24.4 Å². The lowest BCUT2D eigenvalue weighted by molar-refractivity contribution is 0.427. The molecule has 3 aromatic heterocycles. The van der Waals surface area contributed by atoms with Gasteiger partial charge in [0.1, 0.15) is 11.8 Å². The molecule has 5 heteroatoms. The minimum Gasteiger partial charge on any atom is -0.360 e. The van der Waals surface area contributed by atoms with Gasteiger partial charge in [0.2, 0.25) is 0 Å². The van der Waals surface area contributed by atoms with E-state index in [2.05, 4.69) is 171 Å². The van der Waals surface area contributed by atoms with Gasteiger partial charge < -0.3 is 19.2 Å². The van der Waals surface area contributed by atoms with Crippen LogP contribution in [0.5, 0.6) is 0 Å². The van der Waals surface area contributed by atoms with E-state index >= 15 is 0 Å². The van der Waals surface area contributed by atoms with Gasteiger partial charge in [0, 0.05) is 46.8 Å². The Morgan fingerprint density at radius 2 is 1.20 bits per heavy atom. The van der Waals surface area contributed by atoms with Gasteiger partial charge in [-0.25, -0.2) is 4.98 Å². The van der Waals surface area contributed by atoms with Crippen molar-refractivity contribution in [1.29, 1.82) is 0 Å². The van der Waals surface area contributed by atoms with Gasteiger partial charge in [0.25, 0.3) is 0 Å². The molecule has 2 aliphatic heterocycles. The fourth-order valence-corrected chi connectivity index (χ4v) is 7.25. The maximum absolute atomic E-state index is 4.81. The van der Waals surface area contributed by atoms with Crippen LogP contribution in [0.1, 0.15) is 5.56 Å². The third-order valence-corrected chi connectivity index (χ3v) is 9.75. The molecule has 0 spiro atoms. The second-order valence-corrected chi connectivity index (χ2v) is 12.7. The third-order valence-electron chi connectivity index (χ3n) is 9.75. The smallest absolute Gasteiger partial charge is 0.137 e. The lowest BCUT2D eigenvalue weighted by Crippen LogP contribution is -2.31. The number of aromatic nitrogens is 3. The van der Waals surface area contributed by atoms with E-state index in [0.29, 0.717) is 0 Å². The number of rotatable bonds is 5. The summed E-state index contributed by atoms with van der Waals surface area (Å²) in [4.78, 5) is 7.01. The van der Waals surface area contributed by atoms with Gasteiger partial charge in [-0.3, -0.25) is 0 Å². The third kappa shape index (κ3) is 4.67. The molecule has 0 aliphatic carbocycles. The van der Waals surface area contributed by atoms with E-state index in [4.69, 9.17) is 4.98 Å². The van der Waals surface area contributed by atoms with Crippen LogP contribution in [0.3, 0.4) is 0 Å². The fourth-order valence-electron chi connectivity index (χ4n) is 7.25. The van der Waals surface area contributed by atoms with Gasteiger partial charge in [-0.2, -0.15) is 0 Å². The first-order valence-electron chi connectivity index (χ1n) is 16.7. The first kappa shape index (κ1) is 27.5. The van der Waals surface area contributed by atoms with Gasteiger partial charge in [0.15, 0.2) is 0 Å². The number of fused-ring (bicyclic) bond motifs is 5. The lowest BCUT2D eigenvalue weighted by atomic mass is 9.99. The van der Waals surface area contributed by atoms with Crippen molar-refractivity contribution in [3.05, 3.63) is 182 Å². The molecule has 0 amide bonds. The van der Waals surface area contributed by atoms with Gasteiger partial charge in [0.05, 0.1) is 22.4 Å². The molecular weight excluding hydrogens is 599 g/mol. The van der Waals surface area contributed by atoms with Crippen molar-refractivity contribution < 1.29 is 0 Å². The highest BCUT2D eigenvalue weighted by Gasteiger charge is 2.22. The summed E-state index contributed by atoms with van der Waals surface area (Å²) in [6, 6.07) is 48.1. The van der Waals surface area contributed by atoms with Crippen molar-refractivity contribution in [2.75, 3.05) is 0 Å². The van der Waals surface area contributed by atoms with Crippen molar-refractivity contribution in [1.82, 2.24) is 24.2 Å². The number of pyridine rings is 1. The maximum Gasteiger partial charge on any atom is 0.137 e. The summed E-state index contributed by atoms with van der Waals surface area (Å²) in [6.07, 6.45) is 14.9. The minimum atomic E-state index is 0.184. The highest BCUT2D eigenvalue weighted by atomic mass is 15.3. The number of para-hydroxylation sites is 1. The molecule has 0 fully saturated rings. The van der Waals surface area contributed by atoms with Gasteiger partial charge in [-0.15, -0.1) is 0 Å². The van der Waals surface area contributed by atoms with Crippen LogP contribution < -0.4 is 5.32 Å². The molecule has 0 saturated carbocycles. The molecule has 8 aromatic rings. The molecule has 1 N–H and O–H groups in total. The van der Waals surface area contributed by atoms with Crippen molar-refractivity contribution >= 4 is 33.2 Å². The molecule has 1 atom stereocenters. The van der Waals surface area contributed by atoms with Crippen molar-refractivity contribution in [3.63, 3.8) is 0 Å². The van der Waals surface area contributed by atoms with E-state index in [-0.39, 0.29) is 6.17 Å². The predicted molar refractivity (Wildman–Crippen MR) is 201 cm³/mol. The first-order valence-corrected chi connectivity index (χ1v) is 16.7. The molecule has 5 heterocycles. The number of nitrogens with zero attached hydrogens (tertiary/aromatic N) is 4. The van der Waals surface area contributed by atoms with Crippen molar-refractivity contribution in [3.8, 4) is 39.2 Å². The van der Waals surface area contributed by atoms with E-state index in [9.17, 15) is 0 Å². The van der Waals surface area contributed by atoms with Gasteiger partial charge in [-0.05, 0) is 88.5 Å². The Kier molecular flexibility index (Phi) is 6.18. The molecular formula is C44H31N5. The monoisotopic (exact) mass is 629 g/mol. The molecule has 2 aliphatic rings. The number of allylic oxidation sites excluding steroid dienone is 2. The van der Waals surface area contributed by atoms with Crippen LogP contribution in [-0.2, 0) is 0 Å². The highest BCUT2D eigenvalue weighted by Crippen LogP contribution is 2.38. The lowest BCUT2D eigenvalue weighted by Gasteiger charge is -2.20. The second-order valence-electron chi connectivity index (χ2n) is 12.7. The molecule has 5 nitrogen and oxygen atoms in total. The molecule has 49 heavy (non-hydrogen) atoms. The van der Waals surface area contributed by atoms with E-state index < -0.39 is 0 Å². The summed E-state index contributed by atoms with van der Waals surface area (Å²) in [7, 11) is 0. The molecule has 232 valence electrons. The van der Waals surface area contributed by atoms with Crippen LogP contribution >= 0.6 is 0 Å². The molecule has 5 aromatic carbocycles. The summed E-state index contributed by atoms with van der Waals surface area (Å²) in [6.45, 7) is 0. The fraction of sp³-hybridized carbons (Fsp3) is 0.0227. The molecule has 0 bridgehead atoms. The van der Waals surface area contributed by atoms with E-state index in [1.165, 1.54) is 49.6 Å². The molecule has 0 radical (unpaired) electrons. The van der Waals surface area contributed by atoms with Crippen molar-refractivity contribution in [2.24, 2.45) is 0 Å². The predicted octanol–water partition coefficient (Wildman–Crippen LogP) is 10.0. The van der Waals surface area contributed by atoms with Crippen LogP contribution in [0, 0.1) is 0 Å². The molecule has 1 unspecified atom stereocenters. The van der Waals surface area contributed by atoms with E-state index in [1.54, 1.807) is 0 Å². The van der Waals surface area contributed by atoms with Crippen molar-refractivity contribution in [2.45, 2.75) is 6.17 Å². The zero-order valence-electron chi connectivity index (χ0n) is 26.6. The summed E-state index contributed by atoms with van der Waals surface area (Å²) in [5, 5.41) is 6.08. The zero-order chi connectivity index (χ0) is 32.3. The molecule has 0 saturated heterocycles. The largest absolute Gasteiger partial charge is 0.360 e. The van der Waals surface area contributed by atoms with Crippen LogP contribution in [0.4, 0.5) is 0 Å². The summed E-state index contributed by atoms with van der Waals surface area (Å²) in [5.74, 6) is 0. The Morgan fingerprint density at radius 3 is 1.88 bits per heavy atom. The van der Waals surface area contributed by atoms with Crippen LogP contribution in [0.25, 0.3) is 72.3 Å². The number of benzene rings is 5. The Labute approximate surface area is 284 Å². The van der Waals surface area contributed by atoms with E-state index in [0.717, 1.165) is 28.3 Å². The number of nitrogens with one attached hydrogen (secondary N) is 1. The summed E-state index contributed by atoms with van der Waals surface area (Å²) < 4.78 is 4.44. The summed E-state index contributed by atoms with van der Waals surface area (Å²) >= 11 is 0. The van der Waals surface area contributed by atoms with Crippen LogP contribution in [0.15, 0.2) is 176 Å². The normalized spacial score (nSPS) is 15.2. The SMILES string of the molecule is C1=CC2NC(c3ccc(-c4ccc5c(c4)c4cc(-c6ccc(-c7cn8ccccc8n7)cc6)ccc4n5-c4ccccc4)cc3)=CN2C=C1. The Balaban J connectivity index is 1.04. The Bertz CT molecular complexity index is 2590. The Morgan fingerprint density at radius 1 is 0.571 bits per heavy atom. The first-order chi connectivity index (χ1) is 24.2. The summed E-state index contributed by atoms with van der Waals surface area (Å²) in [5.41, 5.74) is 13.6. The Hall–Kier alpha value is -6.59. The zero-order valence-corrected chi connectivity index (χ0v) is 26.6. The molecule has 10 rings (SSSR count). The second kappa shape index (κ2) is 11.0.